The van der Waals surface area contributed by atoms with Crippen molar-refractivity contribution < 1.29 is 48.3 Å². The lowest BCUT2D eigenvalue weighted by Crippen LogP contribution is -2.72. The van der Waals surface area contributed by atoms with Gasteiger partial charge in [-0.3, -0.25) is 29.0 Å². The number of hydrogen-bond donors (Lipinski definition) is 2. The number of fused-ring (bicyclic) bond motifs is 4. The molecule has 12 heteroatoms. The molecule has 66 heavy (non-hydrogen) atoms. The third-order valence-corrected chi connectivity index (χ3v) is 18.9. The fourth-order valence-electron chi connectivity index (χ4n) is 15.1. The molecule has 354 valence electrons. The van der Waals surface area contributed by atoms with Gasteiger partial charge >= 0.3 is 11.9 Å². The van der Waals surface area contributed by atoms with E-state index in [9.17, 15) is 29.4 Å². The maximum atomic E-state index is 13.4. The first-order valence-corrected chi connectivity index (χ1v) is 26.0. The van der Waals surface area contributed by atoms with E-state index in [1.165, 1.54) is 25.7 Å². The SMILES string of the molecule is CC1N(CC2CC2)C2C[C@]34c5c2ccc(OC(=O)CCCCCCCCCCCCC(=O)Oc2ccc6c7c2O[C@H]2C(=O)CC[C@@]8(O)C(C)N(CC9CC9)C6C[C@]728)c5O[C@H]3C(=O)CC[C@@]14O. The number of unbranched alkanes of at least 4 members (excludes halogenated alkanes) is 9. The lowest BCUT2D eigenvalue weighted by Gasteiger charge is -2.58. The molecule has 2 saturated heterocycles. The Labute approximate surface area is 388 Å². The second-order valence-electron chi connectivity index (χ2n) is 22.5. The Hall–Kier alpha value is -3.84. The Balaban J connectivity index is 0.570. The van der Waals surface area contributed by atoms with Crippen LogP contribution >= 0.6 is 0 Å². The van der Waals surface area contributed by atoms with Gasteiger partial charge in [0, 0.05) is 74.1 Å². The smallest absolute Gasteiger partial charge is 0.311 e. The number of ether oxygens (including phenoxy) is 4. The van der Waals surface area contributed by atoms with Crippen molar-refractivity contribution in [2.75, 3.05) is 13.1 Å². The second-order valence-corrected chi connectivity index (χ2v) is 22.5. The summed E-state index contributed by atoms with van der Waals surface area (Å²) in [4.78, 5) is 58.1. The first-order valence-electron chi connectivity index (χ1n) is 26.0. The highest BCUT2D eigenvalue weighted by molar-refractivity contribution is 5.92. The highest BCUT2D eigenvalue weighted by Gasteiger charge is 2.77. The fraction of sp³-hybridized carbons (Fsp3) is 0.704. The van der Waals surface area contributed by atoms with E-state index in [1.807, 2.05) is 12.1 Å². The van der Waals surface area contributed by atoms with Gasteiger partial charge in [0.05, 0.1) is 22.0 Å². The van der Waals surface area contributed by atoms with Crippen LogP contribution in [-0.4, -0.2) is 92.1 Å². The molecule has 10 aliphatic rings. The van der Waals surface area contributed by atoms with Crippen LogP contribution in [0.15, 0.2) is 24.3 Å². The van der Waals surface area contributed by atoms with Gasteiger partial charge in [-0.05, 0) is 113 Å². The van der Waals surface area contributed by atoms with E-state index in [1.54, 1.807) is 0 Å². The average Bonchev–Trinajstić information content (AvgIpc) is 4.18. The van der Waals surface area contributed by atoms with E-state index in [-0.39, 0.29) is 47.7 Å². The van der Waals surface area contributed by atoms with Crippen LogP contribution in [0.25, 0.3) is 0 Å². The van der Waals surface area contributed by atoms with Crippen LogP contribution < -0.4 is 18.9 Å². The van der Waals surface area contributed by atoms with Crippen molar-refractivity contribution in [1.29, 1.82) is 0 Å². The van der Waals surface area contributed by atoms with Gasteiger partial charge in [-0.25, -0.2) is 0 Å². The molecule has 2 aromatic carbocycles. The lowest BCUT2D eigenvalue weighted by atomic mass is 9.55. The number of esters is 2. The number of likely N-dealkylation sites (tertiary alicyclic amines) is 2. The normalized spacial score (nSPS) is 36.2. The number of piperidine rings is 2. The van der Waals surface area contributed by atoms with E-state index in [2.05, 4.69) is 35.8 Å². The van der Waals surface area contributed by atoms with Gasteiger partial charge in [0.15, 0.2) is 46.8 Å². The number of Topliss-reactive ketones (excluding diaryl/α,β-unsaturated/α-hetero) is 2. The average molecular weight is 905 g/mol. The summed E-state index contributed by atoms with van der Waals surface area (Å²) in [5, 5.41) is 25.0. The molecular formula is C54H68N2O10. The molecular weight excluding hydrogens is 837 g/mol. The predicted octanol–water partition coefficient (Wildman–Crippen LogP) is 8.18. The fourth-order valence-corrected chi connectivity index (χ4v) is 15.1. The van der Waals surface area contributed by atoms with Gasteiger partial charge in [-0.1, -0.05) is 63.5 Å². The van der Waals surface area contributed by atoms with Gasteiger partial charge in [-0.15, -0.1) is 0 Å². The Morgan fingerprint density at radius 2 is 0.985 bits per heavy atom. The number of nitrogens with zero attached hydrogens (tertiary/aromatic N) is 2. The number of carbonyl (C=O) groups excluding carboxylic acids is 4. The maximum absolute atomic E-state index is 13.4. The van der Waals surface area contributed by atoms with E-state index < -0.39 is 34.2 Å². The molecule has 4 saturated carbocycles. The molecule has 12 rings (SSSR count). The van der Waals surface area contributed by atoms with Crippen molar-refractivity contribution in [2.45, 2.75) is 214 Å². The predicted molar refractivity (Wildman–Crippen MR) is 243 cm³/mol. The number of rotatable bonds is 19. The number of hydrogen-bond acceptors (Lipinski definition) is 12. The van der Waals surface area contributed by atoms with Crippen molar-refractivity contribution in [2.24, 2.45) is 11.8 Å². The van der Waals surface area contributed by atoms with Gasteiger partial charge in [0.25, 0.3) is 0 Å². The first-order chi connectivity index (χ1) is 31.9. The molecule has 6 aliphatic carbocycles. The largest absolute Gasteiger partial charge is 0.477 e. The highest BCUT2D eigenvalue weighted by atomic mass is 16.6. The maximum Gasteiger partial charge on any atom is 0.311 e. The quantitative estimate of drug-likeness (QED) is 0.0795. The zero-order valence-corrected chi connectivity index (χ0v) is 39.0. The Bertz CT molecular complexity index is 2200. The molecule has 2 aromatic rings. The Kier molecular flexibility index (Phi) is 10.4. The van der Waals surface area contributed by atoms with Crippen LogP contribution in [0.5, 0.6) is 23.0 Å². The van der Waals surface area contributed by atoms with Gasteiger partial charge < -0.3 is 29.2 Å². The molecule has 0 aromatic heterocycles. The number of carbonyl (C=O) groups is 4. The topological polar surface area (TPSA) is 152 Å². The van der Waals surface area contributed by atoms with Crippen molar-refractivity contribution in [3.63, 3.8) is 0 Å². The molecule has 4 aliphatic heterocycles. The summed E-state index contributed by atoms with van der Waals surface area (Å²) >= 11 is 0. The summed E-state index contributed by atoms with van der Waals surface area (Å²) in [6, 6.07) is 7.86. The number of benzene rings is 2. The molecule has 4 bridgehead atoms. The van der Waals surface area contributed by atoms with Crippen LogP contribution in [0.2, 0.25) is 0 Å². The molecule has 2 N–H and O–H groups in total. The lowest BCUT2D eigenvalue weighted by molar-refractivity contribution is -0.186. The molecule has 12 nitrogen and oxygen atoms in total. The van der Waals surface area contributed by atoms with E-state index >= 15 is 0 Å². The number of aliphatic hydroxyl groups is 2. The number of ketones is 2. The standard InChI is InChI=1S/C54H68N2O10/c1-31-53(61)25-23-39(57)49-51(53)27-37(55(31)29-33-15-16-33)35-19-21-41(47(65-49)45(35)51)63-43(59)13-11-9-7-5-3-4-6-8-10-12-14-44(60)64-42-22-20-36-38-28-52-46(36)48(42)66-50(52)40(58)24-26-54(52,62)32(2)56(38)30-34-17-18-34/h19-22,31-34,37-38,49-50,61-62H,3-18,23-30H2,1-2H3/t31?,32?,37?,38?,49-,50-,51-,52-,53+,54+/m0/s1. The summed E-state index contributed by atoms with van der Waals surface area (Å²) in [5.74, 6) is 2.56. The van der Waals surface area contributed by atoms with E-state index in [0.29, 0.717) is 86.2 Å². The highest BCUT2D eigenvalue weighted by Crippen LogP contribution is 2.72. The molecule has 2 spiro atoms. The van der Waals surface area contributed by atoms with E-state index in [0.717, 1.165) is 99.6 Å². The minimum Gasteiger partial charge on any atom is -0.477 e. The molecule has 10 atom stereocenters. The van der Waals surface area contributed by atoms with Crippen LogP contribution in [0.3, 0.4) is 0 Å². The minimum absolute atomic E-state index is 0.0340. The third kappa shape index (κ3) is 6.28. The van der Waals surface area contributed by atoms with E-state index in [4.69, 9.17) is 18.9 Å². The van der Waals surface area contributed by atoms with Gasteiger partial charge in [-0.2, -0.15) is 0 Å². The summed E-state index contributed by atoms with van der Waals surface area (Å²) in [7, 11) is 0. The van der Waals surface area contributed by atoms with Crippen molar-refractivity contribution in [3.8, 4) is 23.0 Å². The monoisotopic (exact) mass is 904 g/mol. The van der Waals surface area contributed by atoms with Crippen molar-refractivity contribution in [1.82, 2.24) is 9.80 Å². The second kappa shape index (κ2) is 15.9. The van der Waals surface area contributed by atoms with Crippen LogP contribution in [0, 0.1) is 11.8 Å². The summed E-state index contributed by atoms with van der Waals surface area (Å²) in [5.41, 5.74) is 0.320. The molecule has 0 amide bonds. The molecule has 4 heterocycles. The minimum atomic E-state index is -1.08. The van der Waals surface area contributed by atoms with Crippen LogP contribution in [0.1, 0.15) is 189 Å². The Morgan fingerprint density at radius 3 is 1.36 bits per heavy atom. The van der Waals surface area contributed by atoms with Crippen LogP contribution in [0.4, 0.5) is 0 Å². The molecule has 0 radical (unpaired) electrons. The van der Waals surface area contributed by atoms with Gasteiger partial charge in [0.2, 0.25) is 0 Å². The summed E-state index contributed by atoms with van der Waals surface area (Å²) in [6.45, 7) is 6.18. The zero-order chi connectivity index (χ0) is 45.3. The molecule has 4 unspecified atom stereocenters. The zero-order valence-electron chi connectivity index (χ0n) is 39.0. The first kappa shape index (κ1) is 43.4. The Morgan fingerprint density at radius 1 is 0.606 bits per heavy atom. The third-order valence-electron chi connectivity index (χ3n) is 18.9. The summed E-state index contributed by atoms with van der Waals surface area (Å²) < 4.78 is 24.8. The van der Waals surface area contributed by atoms with Crippen molar-refractivity contribution in [3.05, 3.63) is 46.5 Å². The summed E-state index contributed by atoms with van der Waals surface area (Å²) in [6.07, 6.45) is 16.8. The van der Waals surface area contributed by atoms with Crippen LogP contribution in [-0.2, 0) is 30.0 Å². The molecule has 6 fully saturated rings. The van der Waals surface area contributed by atoms with Gasteiger partial charge in [0.1, 0.15) is 0 Å². The van der Waals surface area contributed by atoms with Crippen molar-refractivity contribution >= 4 is 23.5 Å².